The molecular formula is C22H19Cl2N3O2. The lowest BCUT2D eigenvalue weighted by molar-refractivity contribution is 0.0225. The van der Waals surface area contributed by atoms with Crippen molar-refractivity contribution < 1.29 is 9.53 Å². The highest BCUT2D eigenvalue weighted by Crippen LogP contribution is 2.43. The third kappa shape index (κ3) is 3.22. The Kier molecular flexibility index (Phi) is 4.41. The number of benzene rings is 2. The summed E-state index contributed by atoms with van der Waals surface area (Å²) in [6, 6.07) is 11.2. The second-order valence-corrected chi connectivity index (χ2v) is 8.59. The number of hydrogen-bond acceptors (Lipinski definition) is 5. The van der Waals surface area contributed by atoms with Crippen LogP contribution in [-0.2, 0) is 0 Å². The number of ether oxygens (including phenoxy) is 1. The van der Waals surface area contributed by atoms with Crippen LogP contribution in [0.1, 0.15) is 35.2 Å². The number of piperidine rings is 1. The van der Waals surface area contributed by atoms with Gasteiger partial charge in [0.1, 0.15) is 11.4 Å². The highest BCUT2D eigenvalue weighted by Gasteiger charge is 2.44. The molecule has 5 nitrogen and oxygen atoms in total. The number of halogens is 2. The van der Waals surface area contributed by atoms with Crippen LogP contribution in [0, 0.1) is 6.92 Å². The summed E-state index contributed by atoms with van der Waals surface area (Å²) in [5, 5.41) is 0.963. The van der Waals surface area contributed by atoms with Gasteiger partial charge in [-0.3, -0.25) is 4.79 Å². The number of fused-ring (bicyclic) bond motifs is 2. The number of ketones is 1. The van der Waals surface area contributed by atoms with Gasteiger partial charge in [0.25, 0.3) is 0 Å². The van der Waals surface area contributed by atoms with E-state index in [0.29, 0.717) is 59.7 Å². The molecule has 1 saturated heterocycles. The van der Waals surface area contributed by atoms with Crippen molar-refractivity contribution in [3.63, 3.8) is 0 Å². The third-order valence-corrected chi connectivity index (χ3v) is 6.30. The Morgan fingerprint density at radius 2 is 1.76 bits per heavy atom. The fraction of sp³-hybridized carbons (Fsp3) is 0.318. The first-order chi connectivity index (χ1) is 13.9. The van der Waals surface area contributed by atoms with Gasteiger partial charge in [0.05, 0.1) is 23.0 Å². The summed E-state index contributed by atoms with van der Waals surface area (Å²) in [7, 11) is 0. The molecule has 0 atom stereocenters. The van der Waals surface area contributed by atoms with E-state index in [1.807, 2.05) is 37.3 Å². The fourth-order valence-corrected chi connectivity index (χ4v) is 4.81. The first kappa shape index (κ1) is 18.6. The van der Waals surface area contributed by atoms with Crippen LogP contribution < -0.4 is 9.64 Å². The first-order valence-corrected chi connectivity index (χ1v) is 10.4. The van der Waals surface area contributed by atoms with E-state index < -0.39 is 5.60 Å². The van der Waals surface area contributed by atoms with Gasteiger partial charge in [-0.05, 0) is 36.8 Å². The van der Waals surface area contributed by atoms with Crippen LogP contribution in [0.25, 0.3) is 11.0 Å². The molecule has 1 fully saturated rings. The van der Waals surface area contributed by atoms with Crippen molar-refractivity contribution in [2.24, 2.45) is 0 Å². The molecule has 0 unspecified atom stereocenters. The molecular weight excluding hydrogens is 409 g/mol. The largest absolute Gasteiger partial charge is 0.486 e. The van der Waals surface area contributed by atoms with Crippen molar-refractivity contribution >= 4 is 45.8 Å². The SMILES string of the molecule is Cc1cc(Cl)cc2c1OC1(CCN(c3nc4ccccc4nc3Cl)CC1)CC2=O. The van der Waals surface area contributed by atoms with Gasteiger partial charge in [-0.15, -0.1) is 0 Å². The molecule has 3 heterocycles. The standard InChI is InChI=1S/C22H19Cl2N3O2/c1-13-10-14(23)11-15-18(28)12-22(29-19(13)15)6-8-27(9-7-22)21-20(24)25-16-4-2-3-5-17(16)26-21/h2-5,10-11H,6-9,12H2,1H3. The lowest BCUT2D eigenvalue weighted by Crippen LogP contribution is -2.51. The van der Waals surface area contributed by atoms with Crippen LogP contribution in [0.5, 0.6) is 5.75 Å². The Morgan fingerprint density at radius 3 is 2.48 bits per heavy atom. The highest BCUT2D eigenvalue weighted by molar-refractivity contribution is 6.32. The highest BCUT2D eigenvalue weighted by atomic mass is 35.5. The number of Topliss-reactive ketones (excluding diaryl/α,β-unsaturated/α-hetero) is 1. The van der Waals surface area contributed by atoms with E-state index in [-0.39, 0.29) is 5.78 Å². The maximum Gasteiger partial charge on any atom is 0.172 e. The van der Waals surface area contributed by atoms with Crippen molar-refractivity contribution in [2.75, 3.05) is 18.0 Å². The molecule has 29 heavy (non-hydrogen) atoms. The molecule has 2 aliphatic rings. The molecule has 5 rings (SSSR count). The van der Waals surface area contributed by atoms with Crippen LogP contribution >= 0.6 is 23.2 Å². The number of hydrogen-bond donors (Lipinski definition) is 0. The van der Waals surface area contributed by atoms with Gasteiger partial charge in [0, 0.05) is 31.0 Å². The number of aryl methyl sites for hydroxylation is 1. The van der Waals surface area contributed by atoms with Crippen LogP contribution in [0.2, 0.25) is 10.2 Å². The normalized spacial score (nSPS) is 18.0. The summed E-state index contributed by atoms with van der Waals surface area (Å²) in [4.78, 5) is 24.1. The first-order valence-electron chi connectivity index (χ1n) is 9.64. The van der Waals surface area contributed by atoms with Crippen LogP contribution in [0.3, 0.4) is 0 Å². The molecule has 148 valence electrons. The molecule has 2 aromatic carbocycles. The maximum absolute atomic E-state index is 12.8. The third-order valence-electron chi connectivity index (χ3n) is 5.83. The average Bonchev–Trinajstić information content (AvgIpc) is 2.69. The maximum atomic E-state index is 12.8. The molecule has 0 bridgehead atoms. The molecule has 2 aliphatic heterocycles. The summed E-state index contributed by atoms with van der Waals surface area (Å²) in [5.41, 5.74) is 2.59. The van der Waals surface area contributed by atoms with Crippen LogP contribution in [0.4, 0.5) is 5.82 Å². The minimum atomic E-state index is -0.490. The van der Waals surface area contributed by atoms with Crippen LogP contribution in [-0.4, -0.2) is 34.4 Å². The summed E-state index contributed by atoms with van der Waals surface area (Å²) >= 11 is 12.6. The summed E-state index contributed by atoms with van der Waals surface area (Å²) in [5.74, 6) is 1.45. The predicted molar refractivity (Wildman–Crippen MR) is 114 cm³/mol. The van der Waals surface area contributed by atoms with E-state index in [1.54, 1.807) is 6.07 Å². The molecule has 1 aromatic heterocycles. The van der Waals surface area contributed by atoms with Gasteiger partial charge >= 0.3 is 0 Å². The lowest BCUT2D eigenvalue weighted by Gasteiger charge is -2.44. The zero-order valence-electron chi connectivity index (χ0n) is 15.9. The van der Waals surface area contributed by atoms with Gasteiger partial charge in [-0.1, -0.05) is 35.3 Å². The minimum absolute atomic E-state index is 0.0915. The van der Waals surface area contributed by atoms with Gasteiger partial charge in [0.15, 0.2) is 16.8 Å². The molecule has 0 radical (unpaired) electrons. The van der Waals surface area contributed by atoms with E-state index in [2.05, 4.69) is 9.88 Å². The van der Waals surface area contributed by atoms with Crippen molar-refractivity contribution in [3.05, 3.63) is 57.7 Å². The topological polar surface area (TPSA) is 55.3 Å². The van der Waals surface area contributed by atoms with Gasteiger partial charge < -0.3 is 9.64 Å². The Hall–Kier alpha value is -2.37. The van der Waals surface area contributed by atoms with E-state index in [9.17, 15) is 4.79 Å². The van der Waals surface area contributed by atoms with Gasteiger partial charge in [-0.25, -0.2) is 9.97 Å². The fourth-order valence-electron chi connectivity index (χ4n) is 4.29. The lowest BCUT2D eigenvalue weighted by atomic mass is 9.82. The van der Waals surface area contributed by atoms with Gasteiger partial charge in [0.2, 0.25) is 0 Å². The number of nitrogens with zero attached hydrogens (tertiary/aromatic N) is 3. The molecule has 3 aromatic rings. The number of para-hydroxylation sites is 2. The van der Waals surface area contributed by atoms with E-state index in [4.69, 9.17) is 32.9 Å². The second-order valence-electron chi connectivity index (χ2n) is 7.80. The number of anilines is 1. The molecule has 0 amide bonds. The van der Waals surface area contributed by atoms with Gasteiger partial charge in [-0.2, -0.15) is 0 Å². The van der Waals surface area contributed by atoms with Crippen molar-refractivity contribution in [3.8, 4) is 5.75 Å². The Labute approximate surface area is 178 Å². The predicted octanol–water partition coefficient (Wildman–Crippen LogP) is 5.25. The zero-order valence-corrected chi connectivity index (χ0v) is 17.4. The van der Waals surface area contributed by atoms with Crippen molar-refractivity contribution in [2.45, 2.75) is 31.8 Å². The molecule has 1 spiro atoms. The molecule has 0 N–H and O–H groups in total. The quantitative estimate of drug-likeness (QED) is 0.530. The average molecular weight is 428 g/mol. The molecule has 0 aliphatic carbocycles. The van der Waals surface area contributed by atoms with E-state index in [1.165, 1.54) is 0 Å². The molecule has 0 saturated carbocycles. The Morgan fingerprint density at radius 1 is 1.07 bits per heavy atom. The van der Waals surface area contributed by atoms with E-state index >= 15 is 0 Å². The zero-order chi connectivity index (χ0) is 20.2. The monoisotopic (exact) mass is 427 g/mol. The molecule has 7 heteroatoms. The number of carbonyl (C=O) groups excluding carboxylic acids is 1. The number of carbonyl (C=O) groups is 1. The number of rotatable bonds is 1. The van der Waals surface area contributed by atoms with Crippen LogP contribution in [0.15, 0.2) is 36.4 Å². The Bertz CT molecular complexity index is 1140. The van der Waals surface area contributed by atoms with Crippen molar-refractivity contribution in [1.29, 1.82) is 0 Å². The van der Waals surface area contributed by atoms with E-state index in [0.717, 1.165) is 16.6 Å². The summed E-state index contributed by atoms with van der Waals surface area (Å²) in [6.45, 7) is 3.32. The number of aromatic nitrogens is 2. The smallest absolute Gasteiger partial charge is 0.172 e. The summed E-state index contributed by atoms with van der Waals surface area (Å²) in [6.07, 6.45) is 1.79. The Balaban J connectivity index is 1.41. The summed E-state index contributed by atoms with van der Waals surface area (Å²) < 4.78 is 6.43. The van der Waals surface area contributed by atoms with Crippen molar-refractivity contribution in [1.82, 2.24) is 9.97 Å². The minimum Gasteiger partial charge on any atom is -0.486 e. The second kappa shape index (κ2) is 6.85.